The minimum absolute atomic E-state index is 0.128. The number of carboxylic acid groups (broad SMARTS) is 1. The summed E-state index contributed by atoms with van der Waals surface area (Å²) in [7, 11) is 1.55. The van der Waals surface area contributed by atoms with Gasteiger partial charge in [0.2, 0.25) is 0 Å². The maximum absolute atomic E-state index is 10.3. The van der Waals surface area contributed by atoms with Crippen molar-refractivity contribution in [3.8, 4) is 0 Å². The Hall–Kier alpha value is -0.220. The SMILES string of the molecule is COC(C[S+](C)C)C(=O)O. The van der Waals surface area contributed by atoms with Crippen molar-refractivity contribution >= 4 is 16.9 Å². The summed E-state index contributed by atoms with van der Waals surface area (Å²) in [5.41, 5.74) is 0. The molecule has 0 aliphatic carbocycles. The van der Waals surface area contributed by atoms with Gasteiger partial charge in [0.1, 0.15) is 5.75 Å². The van der Waals surface area contributed by atoms with Crippen LogP contribution in [0.1, 0.15) is 0 Å². The Morgan fingerprint density at radius 3 is 2.30 bits per heavy atom. The van der Waals surface area contributed by atoms with Gasteiger partial charge in [-0.05, 0) is 10.9 Å². The summed E-state index contributed by atoms with van der Waals surface area (Å²) in [5.74, 6) is -0.269. The van der Waals surface area contributed by atoms with E-state index in [0.29, 0.717) is 5.75 Å². The predicted octanol–water partition coefficient (Wildman–Crippen LogP) is -0.0361. The summed E-state index contributed by atoms with van der Waals surface area (Å²) < 4.78 is 4.73. The Bertz CT molecular complexity index is 114. The fourth-order valence-corrected chi connectivity index (χ4v) is 1.43. The lowest BCUT2D eigenvalue weighted by atomic mass is 10.4. The van der Waals surface area contributed by atoms with Crippen molar-refractivity contribution in [3.05, 3.63) is 0 Å². The fourth-order valence-electron chi connectivity index (χ4n) is 0.543. The van der Waals surface area contributed by atoms with Crippen molar-refractivity contribution < 1.29 is 14.6 Å². The molecule has 0 aliphatic rings. The average Bonchev–Trinajstić information content (AvgIpc) is 1.81. The van der Waals surface area contributed by atoms with Crippen LogP contribution in [0.3, 0.4) is 0 Å². The molecule has 1 atom stereocenters. The Balaban J connectivity index is 3.72. The molecule has 4 heteroatoms. The normalized spacial score (nSPS) is 13.6. The Kier molecular flexibility index (Phi) is 4.47. The van der Waals surface area contributed by atoms with E-state index in [1.165, 1.54) is 7.11 Å². The van der Waals surface area contributed by atoms with Crippen LogP contribution in [0.5, 0.6) is 0 Å². The third-order valence-electron chi connectivity index (χ3n) is 1.04. The summed E-state index contributed by atoms with van der Waals surface area (Å²) in [4.78, 5) is 10.3. The van der Waals surface area contributed by atoms with Gasteiger partial charge in [-0.2, -0.15) is 0 Å². The van der Waals surface area contributed by atoms with Crippen LogP contribution >= 0.6 is 0 Å². The van der Waals surface area contributed by atoms with E-state index < -0.39 is 12.1 Å². The van der Waals surface area contributed by atoms with Crippen molar-refractivity contribution in [3.63, 3.8) is 0 Å². The lowest BCUT2D eigenvalue weighted by Crippen LogP contribution is -2.30. The van der Waals surface area contributed by atoms with Gasteiger partial charge in [0.15, 0.2) is 6.10 Å². The van der Waals surface area contributed by atoms with Crippen LogP contribution in [0.2, 0.25) is 0 Å². The molecule has 0 fully saturated rings. The van der Waals surface area contributed by atoms with E-state index in [1.807, 2.05) is 12.5 Å². The van der Waals surface area contributed by atoms with E-state index in [-0.39, 0.29) is 10.9 Å². The molecule has 1 N–H and O–H groups in total. The van der Waals surface area contributed by atoms with Crippen LogP contribution < -0.4 is 0 Å². The van der Waals surface area contributed by atoms with Crippen molar-refractivity contribution in [1.29, 1.82) is 0 Å². The van der Waals surface area contributed by atoms with Gasteiger partial charge in [-0.3, -0.25) is 0 Å². The van der Waals surface area contributed by atoms with Crippen molar-refractivity contribution in [2.24, 2.45) is 0 Å². The number of rotatable bonds is 4. The summed E-state index contributed by atoms with van der Waals surface area (Å²) >= 11 is 0. The lowest BCUT2D eigenvalue weighted by molar-refractivity contribution is -0.146. The maximum Gasteiger partial charge on any atom is 0.337 e. The van der Waals surface area contributed by atoms with E-state index in [9.17, 15) is 4.79 Å². The van der Waals surface area contributed by atoms with E-state index >= 15 is 0 Å². The highest BCUT2D eigenvalue weighted by molar-refractivity contribution is 7.95. The Labute approximate surface area is 63.7 Å². The number of hydrogen-bond donors (Lipinski definition) is 1. The van der Waals surface area contributed by atoms with Crippen molar-refractivity contribution in [1.82, 2.24) is 0 Å². The molecule has 0 rings (SSSR count). The van der Waals surface area contributed by atoms with Gasteiger partial charge in [0.05, 0.1) is 12.5 Å². The van der Waals surface area contributed by atoms with Gasteiger partial charge in [0.25, 0.3) is 0 Å². The van der Waals surface area contributed by atoms with Crippen LogP contribution in [0, 0.1) is 0 Å². The monoisotopic (exact) mass is 165 g/mol. The van der Waals surface area contributed by atoms with Gasteiger partial charge in [0, 0.05) is 7.11 Å². The number of carbonyl (C=O) groups is 1. The first-order valence-corrected chi connectivity index (χ1v) is 5.08. The third-order valence-corrected chi connectivity index (χ3v) is 2.01. The molecule has 0 aromatic carbocycles. The highest BCUT2D eigenvalue weighted by Gasteiger charge is 2.22. The van der Waals surface area contributed by atoms with E-state index in [1.54, 1.807) is 0 Å². The quantitative estimate of drug-likeness (QED) is 0.595. The summed E-state index contributed by atoms with van der Waals surface area (Å²) in [5, 5.41) is 8.50. The van der Waals surface area contributed by atoms with Crippen LogP contribution in [-0.2, 0) is 20.4 Å². The van der Waals surface area contributed by atoms with E-state index in [2.05, 4.69) is 0 Å². The maximum atomic E-state index is 10.3. The molecular formula is C6H13O3S+. The molecule has 0 saturated heterocycles. The smallest absolute Gasteiger partial charge is 0.337 e. The van der Waals surface area contributed by atoms with Crippen LogP contribution in [0.15, 0.2) is 0 Å². The van der Waals surface area contributed by atoms with Gasteiger partial charge in [-0.25, -0.2) is 4.79 Å². The number of ether oxygens (including phenoxy) is 1. The van der Waals surface area contributed by atoms with Gasteiger partial charge < -0.3 is 9.84 Å². The fraction of sp³-hybridized carbons (Fsp3) is 0.833. The highest BCUT2D eigenvalue weighted by Crippen LogP contribution is 1.95. The third kappa shape index (κ3) is 3.74. The topological polar surface area (TPSA) is 46.5 Å². The van der Waals surface area contributed by atoms with E-state index in [0.717, 1.165) is 0 Å². The Morgan fingerprint density at radius 2 is 2.20 bits per heavy atom. The van der Waals surface area contributed by atoms with Gasteiger partial charge >= 0.3 is 5.97 Å². The second-order valence-electron chi connectivity index (χ2n) is 2.21. The molecule has 0 spiro atoms. The summed E-state index contributed by atoms with van der Waals surface area (Å²) in [6.07, 6.45) is 3.36. The molecule has 60 valence electrons. The predicted molar refractivity (Wildman–Crippen MR) is 42.5 cm³/mol. The zero-order valence-corrected chi connectivity index (χ0v) is 7.27. The lowest BCUT2D eigenvalue weighted by Gasteiger charge is -2.06. The second-order valence-corrected chi connectivity index (χ2v) is 4.52. The molecule has 0 heterocycles. The Morgan fingerprint density at radius 1 is 1.70 bits per heavy atom. The van der Waals surface area contributed by atoms with Gasteiger partial charge in [-0.1, -0.05) is 0 Å². The zero-order chi connectivity index (χ0) is 8.15. The minimum Gasteiger partial charge on any atom is -0.479 e. The van der Waals surface area contributed by atoms with Crippen LogP contribution in [0.25, 0.3) is 0 Å². The van der Waals surface area contributed by atoms with E-state index in [4.69, 9.17) is 9.84 Å². The first-order chi connectivity index (χ1) is 4.57. The first kappa shape index (κ1) is 9.78. The molecule has 0 radical (unpaired) electrons. The second kappa shape index (κ2) is 4.57. The van der Waals surface area contributed by atoms with Crippen LogP contribution in [0.4, 0.5) is 0 Å². The average molecular weight is 165 g/mol. The number of methoxy groups -OCH3 is 1. The molecule has 0 saturated carbocycles. The highest BCUT2D eigenvalue weighted by atomic mass is 32.2. The molecule has 0 aromatic heterocycles. The largest absolute Gasteiger partial charge is 0.479 e. The summed E-state index contributed by atoms with van der Waals surface area (Å²) in [6.45, 7) is 0. The zero-order valence-electron chi connectivity index (χ0n) is 6.46. The summed E-state index contributed by atoms with van der Waals surface area (Å²) in [6, 6.07) is 0. The number of carboxylic acids is 1. The molecule has 3 nitrogen and oxygen atoms in total. The standard InChI is InChI=1S/C6H12O3S/c1-9-5(6(7)8)4-10(2)3/h5H,4H2,1-3H3/p+1. The van der Waals surface area contributed by atoms with Gasteiger partial charge in [-0.15, -0.1) is 0 Å². The number of aliphatic carboxylic acids is 1. The molecule has 0 bridgehead atoms. The molecule has 0 amide bonds. The van der Waals surface area contributed by atoms with Crippen molar-refractivity contribution in [2.45, 2.75) is 6.10 Å². The minimum atomic E-state index is -0.872. The van der Waals surface area contributed by atoms with Crippen molar-refractivity contribution in [2.75, 3.05) is 25.4 Å². The number of hydrogen-bond acceptors (Lipinski definition) is 2. The van der Waals surface area contributed by atoms with Crippen LogP contribution in [-0.4, -0.2) is 42.6 Å². The molecule has 1 unspecified atom stereocenters. The molecule has 0 aliphatic heterocycles. The first-order valence-electron chi connectivity index (χ1n) is 2.87. The molecule has 0 aromatic rings. The molecule has 10 heavy (non-hydrogen) atoms. The molecular weight excluding hydrogens is 152 g/mol.